The zero-order valence-corrected chi connectivity index (χ0v) is 13.8. The lowest BCUT2D eigenvalue weighted by Gasteiger charge is -2.11. The quantitative estimate of drug-likeness (QED) is 0.699. The van der Waals surface area contributed by atoms with Gasteiger partial charge in [-0.15, -0.1) is 11.8 Å². The first kappa shape index (κ1) is 15.4. The van der Waals surface area contributed by atoms with Crippen LogP contribution in [0.2, 0.25) is 0 Å². The molecule has 0 saturated carbocycles. The van der Waals surface area contributed by atoms with E-state index in [-0.39, 0.29) is 5.91 Å². The van der Waals surface area contributed by atoms with Gasteiger partial charge in [-0.2, -0.15) is 0 Å². The largest absolute Gasteiger partial charge is 0.496 e. The number of methoxy groups -OCH3 is 1. The summed E-state index contributed by atoms with van der Waals surface area (Å²) in [6, 6.07) is 19.5. The molecule has 0 aromatic heterocycles. The van der Waals surface area contributed by atoms with Gasteiger partial charge in [0.1, 0.15) is 5.75 Å². The Morgan fingerprint density at radius 2 is 1.78 bits per heavy atom. The molecule has 3 aromatic carbocycles. The molecule has 3 rings (SSSR count). The molecule has 0 heterocycles. The zero-order chi connectivity index (χ0) is 16.2. The molecule has 116 valence electrons. The summed E-state index contributed by atoms with van der Waals surface area (Å²) in [5, 5.41) is 5.18. The molecule has 4 heteroatoms. The highest BCUT2D eigenvalue weighted by Crippen LogP contribution is 2.26. The summed E-state index contributed by atoms with van der Waals surface area (Å²) in [5.41, 5.74) is 1.29. The van der Waals surface area contributed by atoms with Gasteiger partial charge in [0.25, 0.3) is 5.91 Å². The maximum atomic E-state index is 12.5. The van der Waals surface area contributed by atoms with Crippen molar-refractivity contribution < 1.29 is 9.53 Å². The highest BCUT2D eigenvalue weighted by molar-refractivity contribution is 7.98. The Bertz CT molecular complexity index is 861. The monoisotopic (exact) mass is 323 g/mol. The van der Waals surface area contributed by atoms with E-state index >= 15 is 0 Å². The third-order valence-corrected chi connectivity index (χ3v) is 4.39. The van der Waals surface area contributed by atoms with Gasteiger partial charge in [-0.1, -0.05) is 30.3 Å². The SMILES string of the molecule is COc1cc(SC)ccc1C(=O)Nc1ccc2ccccc2c1. The molecule has 0 spiro atoms. The van der Waals surface area contributed by atoms with Crippen LogP contribution in [0.4, 0.5) is 5.69 Å². The summed E-state index contributed by atoms with van der Waals surface area (Å²) in [6.45, 7) is 0. The molecule has 23 heavy (non-hydrogen) atoms. The minimum atomic E-state index is -0.176. The van der Waals surface area contributed by atoms with Crippen molar-refractivity contribution in [3.63, 3.8) is 0 Å². The van der Waals surface area contributed by atoms with E-state index in [0.29, 0.717) is 11.3 Å². The maximum absolute atomic E-state index is 12.5. The summed E-state index contributed by atoms with van der Waals surface area (Å²) < 4.78 is 5.34. The summed E-state index contributed by atoms with van der Waals surface area (Å²) in [5.74, 6) is 0.403. The number of anilines is 1. The van der Waals surface area contributed by atoms with Gasteiger partial charge in [0.2, 0.25) is 0 Å². The number of fused-ring (bicyclic) bond motifs is 1. The van der Waals surface area contributed by atoms with E-state index in [4.69, 9.17) is 4.74 Å². The minimum Gasteiger partial charge on any atom is -0.496 e. The number of benzene rings is 3. The standard InChI is InChI=1S/C19H17NO2S/c1-22-18-12-16(23-2)9-10-17(18)19(21)20-15-8-7-13-5-3-4-6-14(13)11-15/h3-12H,1-2H3,(H,20,21). The average molecular weight is 323 g/mol. The molecule has 1 N–H and O–H groups in total. The highest BCUT2D eigenvalue weighted by Gasteiger charge is 2.13. The maximum Gasteiger partial charge on any atom is 0.259 e. The number of hydrogen-bond acceptors (Lipinski definition) is 3. The fraction of sp³-hybridized carbons (Fsp3) is 0.105. The van der Waals surface area contributed by atoms with Crippen LogP contribution < -0.4 is 10.1 Å². The van der Waals surface area contributed by atoms with Gasteiger partial charge >= 0.3 is 0 Å². The summed E-state index contributed by atoms with van der Waals surface area (Å²) in [6.07, 6.45) is 1.99. The van der Waals surface area contributed by atoms with E-state index in [0.717, 1.165) is 21.4 Å². The molecule has 3 nitrogen and oxygen atoms in total. The zero-order valence-electron chi connectivity index (χ0n) is 13.0. The average Bonchev–Trinajstić information content (AvgIpc) is 2.60. The molecule has 0 bridgehead atoms. The fourth-order valence-corrected chi connectivity index (χ4v) is 2.88. The molecule has 0 atom stereocenters. The number of hydrogen-bond donors (Lipinski definition) is 1. The first-order valence-corrected chi connectivity index (χ1v) is 8.46. The highest BCUT2D eigenvalue weighted by atomic mass is 32.2. The number of amides is 1. The normalized spacial score (nSPS) is 10.5. The Morgan fingerprint density at radius 3 is 2.52 bits per heavy atom. The molecule has 1 amide bonds. The molecule has 0 unspecified atom stereocenters. The second-order valence-corrected chi connectivity index (χ2v) is 5.96. The van der Waals surface area contributed by atoms with Crippen LogP contribution in [0.3, 0.4) is 0 Å². The Kier molecular flexibility index (Phi) is 4.53. The molecule has 0 aliphatic carbocycles. The number of thioether (sulfide) groups is 1. The van der Waals surface area contributed by atoms with E-state index < -0.39 is 0 Å². The summed E-state index contributed by atoms with van der Waals surface area (Å²) in [4.78, 5) is 13.6. The predicted molar refractivity (Wildman–Crippen MR) is 96.7 cm³/mol. The topological polar surface area (TPSA) is 38.3 Å². The minimum absolute atomic E-state index is 0.176. The van der Waals surface area contributed by atoms with Crippen LogP contribution in [0.5, 0.6) is 5.75 Å². The van der Waals surface area contributed by atoms with Crippen LogP contribution in [0.15, 0.2) is 65.6 Å². The van der Waals surface area contributed by atoms with Crippen LogP contribution in [0.1, 0.15) is 10.4 Å². The lowest BCUT2D eigenvalue weighted by molar-refractivity contribution is 0.102. The number of ether oxygens (including phenoxy) is 1. The Balaban J connectivity index is 1.88. The molecule has 0 fully saturated rings. The Hall–Kier alpha value is -2.46. The Morgan fingerprint density at radius 1 is 1.00 bits per heavy atom. The molecule has 3 aromatic rings. The second kappa shape index (κ2) is 6.75. The van der Waals surface area contributed by atoms with Gasteiger partial charge < -0.3 is 10.1 Å². The first-order valence-electron chi connectivity index (χ1n) is 7.23. The Labute approximate surface area is 139 Å². The summed E-state index contributed by atoms with van der Waals surface area (Å²) in [7, 11) is 1.58. The summed E-state index contributed by atoms with van der Waals surface area (Å²) >= 11 is 1.61. The van der Waals surface area contributed by atoms with Crippen molar-refractivity contribution >= 4 is 34.1 Å². The number of nitrogens with one attached hydrogen (secondary N) is 1. The van der Waals surface area contributed by atoms with Gasteiger partial charge in [0.05, 0.1) is 12.7 Å². The second-order valence-electron chi connectivity index (χ2n) is 5.08. The van der Waals surface area contributed by atoms with Crippen LogP contribution in [0.25, 0.3) is 10.8 Å². The van der Waals surface area contributed by atoms with Crippen LogP contribution >= 0.6 is 11.8 Å². The number of rotatable bonds is 4. The third-order valence-electron chi connectivity index (χ3n) is 3.66. The molecule has 0 aliphatic rings. The van der Waals surface area contributed by atoms with Gasteiger partial charge in [0, 0.05) is 10.6 Å². The third kappa shape index (κ3) is 3.32. The predicted octanol–water partition coefficient (Wildman–Crippen LogP) is 4.82. The molecule has 0 radical (unpaired) electrons. The smallest absolute Gasteiger partial charge is 0.259 e. The van der Waals surface area contributed by atoms with Crippen molar-refractivity contribution in [2.24, 2.45) is 0 Å². The van der Waals surface area contributed by atoms with Gasteiger partial charge in [0.15, 0.2) is 0 Å². The molecule has 0 saturated heterocycles. The van der Waals surface area contributed by atoms with Crippen molar-refractivity contribution in [2.75, 3.05) is 18.7 Å². The van der Waals surface area contributed by atoms with Gasteiger partial charge in [-0.3, -0.25) is 4.79 Å². The lowest BCUT2D eigenvalue weighted by Crippen LogP contribution is -2.13. The van der Waals surface area contributed by atoms with E-state index in [1.807, 2.05) is 60.9 Å². The fourth-order valence-electron chi connectivity index (χ4n) is 2.45. The van der Waals surface area contributed by atoms with Crippen LogP contribution in [-0.4, -0.2) is 19.3 Å². The first-order chi connectivity index (χ1) is 11.2. The van der Waals surface area contributed by atoms with Crippen molar-refractivity contribution in [1.82, 2.24) is 0 Å². The van der Waals surface area contributed by atoms with Crippen molar-refractivity contribution in [3.8, 4) is 5.75 Å². The van der Waals surface area contributed by atoms with E-state index in [9.17, 15) is 4.79 Å². The van der Waals surface area contributed by atoms with Crippen LogP contribution in [-0.2, 0) is 0 Å². The van der Waals surface area contributed by atoms with E-state index in [1.54, 1.807) is 24.9 Å². The van der Waals surface area contributed by atoms with E-state index in [2.05, 4.69) is 5.32 Å². The lowest BCUT2D eigenvalue weighted by atomic mass is 10.1. The van der Waals surface area contributed by atoms with E-state index in [1.165, 1.54) is 0 Å². The van der Waals surface area contributed by atoms with Crippen molar-refractivity contribution in [2.45, 2.75) is 4.90 Å². The van der Waals surface area contributed by atoms with Crippen molar-refractivity contribution in [1.29, 1.82) is 0 Å². The number of carbonyl (C=O) groups excluding carboxylic acids is 1. The molecule has 0 aliphatic heterocycles. The van der Waals surface area contributed by atoms with Gasteiger partial charge in [-0.05, 0) is 47.4 Å². The number of carbonyl (C=O) groups is 1. The van der Waals surface area contributed by atoms with Gasteiger partial charge in [-0.25, -0.2) is 0 Å². The molecular formula is C19H17NO2S. The molecular weight excluding hydrogens is 306 g/mol. The van der Waals surface area contributed by atoms with Crippen LogP contribution in [0, 0.1) is 0 Å². The van der Waals surface area contributed by atoms with Crippen molar-refractivity contribution in [3.05, 3.63) is 66.2 Å².